The molecule has 2 saturated heterocycles. The first-order chi connectivity index (χ1) is 13.0. The fourth-order valence-corrected chi connectivity index (χ4v) is 5.23. The van der Waals surface area contributed by atoms with Crippen molar-refractivity contribution in [2.45, 2.75) is 63.6 Å². The topological polar surface area (TPSA) is 64.0 Å². The first-order valence-electron chi connectivity index (χ1n) is 10.2. The van der Waals surface area contributed by atoms with Crippen LogP contribution in [0.5, 0.6) is 5.75 Å². The Morgan fingerprint density at radius 1 is 1.19 bits per heavy atom. The van der Waals surface area contributed by atoms with Gasteiger partial charge in [-0.2, -0.15) is 5.10 Å². The van der Waals surface area contributed by atoms with E-state index in [-0.39, 0.29) is 11.1 Å². The van der Waals surface area contributed by atoms with Gasteiger partial charge in [-0.1, -0.05) is 0 Å². The van der Waals surface area contributed by atoms with E-state index in [1.807, 2.05) is 18.3 Å². The average molecular weight is 367 g/mol. The minimum absolute atomic E-state index is 0.140. The summed E-state index contributed by atoms with van der Waals surface area (Å²) in [6.07, 6.45) is 5.97. The molecule has 0 amide bonds. The van der Waals surface area contributed by atoms with Gasteiger partial charge in [0, 0.05) is 35.8 Å². The number of rotatable bonds is 1. The number of nitrogens with zero attached hydrogens (tertiary/aromatic N) is 3. The number of pyridine rings is 1. The second-order valence-electron chi connectivity index (χ2n) is 8.91. The number of hydrogen-bond acceptors (Lipinski definition) is 5. The lowest BCUT2D eigenvalue weighted by Crippen LogP contribution is -2.47. The fraction of sp³-hybridized carbons (Fsp3) is 0.619. The molecule has 5 rings (SSSR count). The Kier molecular flexibility index (Phi) is 3.85. The summed E-state index contributed by atoms with van der Waals surface area (Å²) >= 11 is 0. The van der Waals surface area contributed by atoms with Crippen LogP contribution < -0.4 is 15.4 Å². The number of ether oxygens (including phenoxy) is 1. The van der Waals surface area contributed by atoms with Gasteiger partial charge in [0.25, 0.3) is 0 Å². The molecule has 3 aliphatic heterocycles. The average Bonchev–Trinajstić information content (AvgIpc) is 3.00. The van der Waals surface area contributed by atoms with Gasteiger partial charge in [0.15, 0.2) is 0 Å². The molecule has 0 aromatic carbocycles. The van der Waals surface area contributed by atoms with Crippen molar-refractivity contribution in [2.24, 2.45) is 0 Å². The van der Waals surface area contributed by atoms with Crippen LogP contribution in [-0.2, 0) is 5.60 Å². The van der Waals surface area contributed by atoms with Crippen molar-refractivity contribution in [2.75, 3.05) is 19.6 Å². The molecular formula is C21H29N5O. The van der Waals surface area contributed by atoms with Gasteiger partial charge in [-0.15, -0.1) is 0 Å². The molecule has 0 bridgehead atoms. The Hall–Kier alpha value is -1.92. The highest BCUT2D eigenvalue weighted by Gasteiger charge is 2.46. The smallest absolute Gasteiger partial charge is 0.148 e. The molecule has 0 radical (unpaired) electrons. The Bertz CT molecular complexity index is 865. The highest BCUT2D eigenvalue weighted by atomic mass is 16.5. The number of nitrogens with one attached hydrogen (secondary N) is 2. The van der Waals surface area contributed by atoms with Crippen LogP contribution in [0.15, 0.2) is 18.3 Å². The molecule has 0 aliphatic carbocycles. The van der Waals surface area contributed by atoms with E-state index in [2.05, 4.69) is 41.1 Å². The molecule has 27 heavy (non-hydrogen) atoms. The van der Waals surface area contributed by atoms with Crippen molar-refractivity contribution in [3.05, 3.63) is 29.6 Å². The first-order valence-corrected chi connectivity index (χ1v) is 10.2. The van der Waals surface area contributed by atoms with Gasteiger partial charge in [0.05, 0.1) is 6.04 Å². The van der Waals surface area contributed by atoms with Crippen molar-refractivity contribution in [1.82, 2.24) is 25.4 Å². The van der Waals surface area contributed by atoms with E-state index in [1.54, 1.807) is 0 Å². The van der Waals surface area contributed by atoms with E-state index in [9.17, 15) is 0 Å². The lowest BCUT2D eigenvalue weighted by Gasteiger charge is -2.41. The van der Waals surface area contributed by atoms with Crippen LogP contribution in [0.2, 0.25) is 0 Å². The molecule has 144 valence electrons. The van der Waals surface area contributed by atoms with Gasteiger partial charge in [-0.05, 0) is 65.4 Å². The van der Waals surface area contributed by atoms with Crippen LogP contribution in [0, 0.1) is 6.92 Å². The lowest BCUT2D eigenvalue weighted by atomic mass is 9.81. The summed E-state index contributed by atoms with van der Waals surface area (Å²) in [5, 5.41) is 12.3. The Labute approximate surface area is 160 Å². The third-order valence-electron chi connectivity index (χ3n) is 6.49. The fourth-order valence-electron chi connectivity index (χ4n) is 5.23. The normalized spacial score (nSPS) is 25.5. The van der Waals surface area contributed by atoms with Crippen LogP contribution >= 0.6 is 0 Å². The molecule has 2 aromatic heterocycles. The van der Waals surface area contributed by atoms with Gasteiger partial charge < -0.3 is 15.4 Å². The number of aromatic nitrogens is 3. The summed E-state index contributed by atoms with van der Waals surface area (Å²) in [4.78, 5) is 4.64. The predicted molar refractivity (Wildman–Crippen MR) is 105 cm³/mol. The number of piperidine rings is 2. The molecule has 2 N–H and O–H groups in total. The summed E-state index contributed by atoms with van der Waals surface area (Å²) in [5.41, 5.74) is 4.32. The van der Waals surface area contributed by atoms with Gasteiger partial charge in [-0.25, -0.2) is 0 Å². The molecule has 2 aromatic rings. The van der Waals surface area contributed by atoms with Crippen LogP contribution in [0.25, 0.3) is 11.4 Å². The van der Waals surface area contributed by atoms with Gasteiger partial charge in [0.1, 0.15) is 22.7 Å². The van der Waals surface area contributed by atoms with Gasteiger partial charge in [0.2, 0.25) is 0 Å². The van der Waals surface area contributed by atoms with Crippen molar-refractivity contribution >= 4 is 0 Å². The highest BCUT2D eigenvalue weighted by Crippen LogP contribution is 2.49. The Morgan fingerprint density at radius 3 is 2.78 bits per heavy atom. The van der Waals surface area contributed by atoms with Crippen LogP contribution in [0.4, 0.5) is 0 Å². The molecule has 1 unspecified atom stereocenters. The summed E-state index contributed by atoms with van der Waals surface area (Å²) < 4.78 is 8.92. The Balaban J connectivity index is 1.66. The summed E-state index contributed by atoms with van der Waals surface area (Å²) in [6.45, 7) is 9.77. The zero-order chi connectivity index (χ0) is 18.6. The van der Waals surface area contributed by atoms with E-state index in [0.717, 1.165) is 62.5 Å². The third-order valence-corrected chi connectivity index (χ3v) is 6.49. The standard InChI is InChI=1S/C21H29N5O/c1-14-17-19(25-26(14)15-6-10-24-20(2,3)13-15)18-16(5-4-9-23-18)27-21(17)7-11-22-12-8-21/h4-5,9,15,22,24H,6-8,10-13H2,1-3H3. The molecule has 2 fully saturated rings. The minimum atomic E-state index is -0.276. The van der Waals surface area contributed by atoms with Gasteiger partial charge in [-0.3, -0.25) is 9.67 Å². The van der Waals surface area contributed by atoms with E-state index in [1.165, 1.54) is 11.3 Å². The predicted octanol–water partition coefficient (Wildman–Crippen LogP) is 2.93. The maximum atomic E-state index is 6.64. The molecule has 1 spiro atoms. The van der Waals surface area contributed by atoms with E-state index in [0.29, 0.717) is 6.04 Å². The molecule has 6 heteroatoms. The molecule has 3 aliphatic rings. The van der Waals surface area contributed by atoms with Crippen LogP contribution in [0.1, 0.15) is 56.8 Å². The molecule has 6 nitrogen and oxygen atoms in total. The van der Waals surface area contributed by atoms with Crippen molar-refractivity contribution < 1.29 is 4.74 Å². The highest BCUT2D eigenvalue weighted by molar-refractivity contribution is 5.70. The van der Waals surface area contributed by atoms with E-state index in [4.69, 9.17) is 9.84 Å². The number of hydrogen-bond donors (Lipinski definition) is 2. The monoisotopic (exact) mass is 367 g/mol. The van der Waals surface area contributed by atoms with Crippen LogP contribution in [0.3, 0.4) is 0 Å². The first kappa shape index (κ1) is 17.2. The SMILES string of the molecule is Cc1c2c(nn1C1CCNC(C)(C)C1)-c1ncccc1OC21CCNCC1. The summed E-state index contributed by atoms with van der Waals surface area (Å²) in [7, 11) is 0. The van der Waals surface area contributed by atoms with Crippen molar-refractivity contribution in [1.29, 1.82) is 0 Å². The zero-order valence-electron chi connectivity index (χ0n) is 16.5. The third kappa shape index (κ3) is 2.69. The number of fused-ring (bicyclic) bond motifs is 4. The molecular weight excluding hydrogens is 338 g/mol. The maximum Gasteiger partial charge on any atom is 0.148 e. The molecule has 0 saturated carbocycles. The second-order valence-corrected chi connectivity index (χ2v) is 8.91. The zero-order valence-corrected chi connectivity index (χ0v) is 16.5. The lowest BCUT2D eigenvalue weighted by molar-refractivity contribution is 0.0295. The quantitative estimate of drug-likeness (QED) is 0.811. The van der Waals surface area contributed by atoms with Gasteiger partial charge >= 0.3 is 0 Å². The van der Waals surface area contributed by atoms with E-state index >= 15 is 0 Å². The molecule has 5 heterocycles. The molecule has 1 atom stereocenters. The summed E-state index contributed by atoms with van der Waals surface area (Å²) in [5.74, 6) is 0.877. The van der Waals surface area contributed by atoms with Crippen molar-refractivity contribution in [3.8, 4) is 17.1 Å². The Morgan fingerprint density at radius 2 is 2.00 bits per heavy atom. The second kappa shape index (κ2) is 6.04. The minimum Gasteiger partial charge on any atom is -0.480 e. The maximum absolute atomic E-state index is 6.64. The van der Waals surface area contributed by atoms with Crippen LogP contribution in [-0.4, -0.2) is 39.9 Å². The van der Waals surface area contributed by atoms with E-state index < -0.39 is 0 Å². The largest absolute Gasteiger partial charge is 0.480 e. The summed E-state index contributed by atoms with van der Waals surface area (Å²) in [6, 6.07) is 4.41. The van der Waals surface area contributed by atoms with Crippen molar-refractivity contribution in [3.63, 3.8) is 0 Å².